The van der Waals surface area contributed by atoms with Gasteiger partial charge in [0.1, 0.15) is 5.58 Å². The smallest absolute Gasteiger partial charge is 0.160 e. The summed E-state index contributed by atoms with van der Waals surface area (Å²) in [5.41, 5.74) is 14.0. The number of para-hydroxylation sites is 5. The zero-order chi connectivity index (χ0) is 36.0. The minimum Gasteiger partial charge on any atom is -0.454 e. The number of nitrogens with zero attached hydrogens (tertiary/aromatic N) is 4. The van der Waals surface area contributed by atoms with Crippen LogP contribution in [0.3, 0.4) is 0 Å². The lowest BCUT2D eigenvalue weighted by molar-refractivity contribution is 0.671. The predicted octanol–water partition coefficient (Wildman–Crippen LogP) is 13.1. The second-order valence-electron chi connectivity index (χ2n) is 14.2. The summed E-state index contributed by atoms with van der Waals surface area (Å²) >= 11 is 0. The third kappa shape index (κ3) is 4.41. The van der Waals surface area contributed by atoms with Crippen LogP contribution in [0.15, 0.2) is 186 Å². The Morgan fingerprint density at radius 2 is 0.927 bits per heavy atom. The molecular formula is C50H30N4O. The zero-order valence-electron chi connectivity index (χ0n) is 29.5. The molecule has 0 N–H and O–H groups in total. The van der Waals surface area contributed by atoms with Crippen molar-refractivity contribution in [1.29, 1.82) is 0 Å². The Kier molecular flexibility index (Phi) is 6.27. The van der Waals surface area contributed by atoms with E-state index >= 15 is 0 Å². The summed E-state index contributed by atoms with van der Waals surface area (Å²) in [6, 6.07) is 64.1. The first-order chi connectivity index (χ1) is 27.3. The molecule has 55 heavy (non-hydrogen) atoms. The van der Waals surface area contributed by atoms with E-state index in [-0.39, 0.29) is 0 Å². The second kappa shape index (κ2) is 11.5. The first-order valence-electron chi connectivity index (χ1n) is 18.6. The zero-order valence-corrected chi connectivity index (χ0v) is 29.5. The van der Waals surface area contributed by atoms with Gasteiger partial charge in [0.05, 0.1) is 44.5 Å². The van der Waals surface area contributed by atoms with Gasteiger partial charge in [0, 0.05) is 54.8 Å². The SMILES string of the molecule is c1ccc(-c2nc3ccccc3nc2-c2ccc(-n3c4ccccc4c4cc5c6ccc7c8ccccc8oc7c6n(-c6ccccc6)c5cc43)cc2)cc1. The number of benzene rings is 8. The molecule has 12 aromatic rings. The molecule has 0 unspecified atom stereocenters. The molecule has 0 amide bonds. The molecule has 0 saturated carbocycles. The van der Waals surface area contributed by atoms with Gasteiger partial charge in [0.15, 0.2) is 5.58 Å². The maximum atomic E-state index is 6.67. The van der Waals surface area contributed by atoms with Gasteiger partial charge in [-0.05, 0) is 66.7 Å². The highest BCUT2D eigenvalue weighted by atomic mass is 16.3. The fourth-order valence-corrected chi connectivity index (χ4v) is 8.63. The Morgan fingerprint density at radius 3 is 1.69 bits per heavy atom. The minimum atomic E-state index is 0.865. The Bertz CT molecular complexity index is 3470. The van der Waals surface area contributed by atoms with E-state index < -0.39 is 0 Å². The number of fused-ring (bicyclic) bond motifs is 11. The van der Waals surface area contributed by atoms with E-state index in [9.17, 15) is 0 Å². The topological polar surface area (TPSA) is 48.8 Å². The second-order valence-corrected chi connectivity index (χ2v) is 14.2. The number of hydrogen-bond acceptors (Lipinski definition) is 3. The normalized spacial score (nSPS) is 12.0. The van der Waals surface area contributed by atoms with Gasteiger partial charge in [-0.25, -0.2) is 9.97 Å². The summed E-state index contributed by atoms with van der Waals surface area (Å²) in [6.45, 7) is 0. The molecule has 5 heteroatoms. The van der Waals surface area contributed by atoms with E-state index in [4.69, 9.17) is 14.4 Å². The van der Waals surface area contributed by atoms with Crippen LogP contribution in [0.2, 0.25) is 0 Å². The molecule has 0 fully saturated rings. The van der Waals surface area contributed by atoms with Crippen molar-refractivity contribution < 1.29 is 4.42 Å². The van der Waals surface area contributed by atoms with Crippen LogP contribution in [0, 0.1) is 0 Å². The van der Waals surface area contributed by atoms with E-state index in [0.29, 0.717) is 0 Å². The minimum absolute atomic E-state index is 0.865. The van der Waals surface area contributed by atoms with Crippen LogP contribution in [0.25, 0.3) is 110 Å². The van der Waals surface area contributed by atoms with E-state index in [1.807, 2.05) is 36.4 Å². The average molecular weight is 703 g/mol. The van der Waals surface area contributed by atoms with Crippen molar-refractivity contribution in [2.75, 3.05) is 0 Å². The Morgan fingerprint density at radius 1 is 0.364 bits per heavy atom. The first-order valence-corrected chi connectivity index (χ1v) is 18.6. The molecule has 0 bridgehead atoms. The van der Waals surface area contributed by atoms with Crippen LogP contribution in [0.5, 0.6) is 0 Å². The van der Waals surface area contributed by atoms with Crippen LogP contribution in [0.4, 0.5) is 0 Å². The number of aromatic nitrogens is 4. The van der Waals surface area contributed by atoms with Gasteiger partial charge in [0.2, 0.25) is 0 Å². The van der Waals surface area contributed by atoms with Crippen molar-refractivity contribution in [3.8, 4) is 33.9 Å². The summed E-state index contributed by atoms with van der Waals surface area (Å²) in [6.07, 6.45) is 0. The third-order valence-electron chi connectivity index (χ3n) is 11.1. The standard InChI is InChI=1S/C50H30N4O/c1-3-13-31(14-4-1)47-48(52-42-20-10-9-19-41(42)51-47)32-23-25-34(26-24-32)53-43-21-11-7-17-35(43)39-29-40-37-27-28-38-36-18-8-12-22-46(36)55-50(38)49(37)54(45(40)30-44(39)53)33-15-5-2-6-16-33/h1-30H. The molecule has 8 aromatic carbocycles. The van der Waals surface area contributed by atoms with Crippen molar-refractivity contribution in [2.45, 2.75) is 0 Å². The van der Waals surface area contributed by atoms with Crippen LogP contribution in [-0.4, -0.2) is 19.1 Å². The molecule has 256 valence electrons. The molecule has 0 saturated heterocycles. The lowest BCUT2D eigenvalue weighted by Gasteiger charge is -2.13. The Hall–Kier alpha value is -7.50. The maximum absolute atomic E-state index is 6.67. The summed E-state index contributed by atoms with van der Waals surface area (Å²) < 4.78 is 11.4. The maximum Gasteiger partial charge on any atom is 0.160 e. The predicted molar refractivity (Wildman–Crippen MR) is 226 cm³/mol. The third-order valence-corrected chi connectivity index (χ3v) is 11.1. The van der Waals surface area contributed by atoms with Gasteiger partial charge in [-0.3, -0.25) is 0 Å². The number of furan rings is 1. The molecule has 0 atom stereocenters. The van der Waals surface area contributed by atoms with Crippen molar-refractivity contribution in [1.82, 2.24) is 19.1 Å². The van der Waals surface area contributed by atoms with Crippen LogP contribution < -0.4 is 0 Å². The fraction of sp³-hybridized carbons (Fsp3) is 0. The largest absolute Gasteiger partial charge is 0.454 e. The van der Waals surface area contributed by atoms with Crippen LogP contribution >= 0.6 is 0 Å². The summed E-state index contributed by atoms with van der Waals surface area (Å²) in [5, 5.41) is 7.01. The quantitative estimate of drug-likeness (QED) is 0.183. The van der Waals surface area contributed by atoms with Gasteiger partial charge in [-0.1, -0.05) is 115 Å². The van der Waals surface area contributed by atoms with Gasteiger partial charge >= 0.3 is 0 Å². The van der Waals surface area contributed by atoms with Crippen LogP contribution in [0.1, 0.15) is 0 Å². The molecule has 5 nitrogen and oxygen atoms in total. The van der Waals surface area contributed by atoms with Gasteiger partial charge in [-0.15, -0.1) is 0 Å². The van der Waals surface area contributed by atoms with Gasteiger partial charge in [0.25, 0.3) is 0 Å². The highest BCUT2D eigenvalue weighted by Gasteiger charge is 2.22. The molecule has 4 heterocycles. The molecule has 0 aliphatic rings. The molecule has 4 aromatic heterocycles. The fourth-order valence-electron chi connectivity index (χ4n) is 8.63. The van der Waals surface area contributed by atoms with E-state index in [2.05, 4.69) is 155 Å². The van der Waals surface area contributed by atoms with Crippen molar-refractivity contribution in [3.63, 3.8) is 0 Å². The van der Waals surface area contributed by atoms with E-state index in [1.165, 1.54) is 21.5 Å². The van der Waals surface area contributed by atoms with Crippen LogP contribution in [-0.2, 0) is 0 Å². The Labute approximate surface area is 315 Å². The van der Waals surface area contributed by atoms with Crippen molar-refractivity contribution in [3.05, 3.63) is 182 Å². The lowest BCUT2D eigenvalue weighted by atomic mass is 10.0. The number of hydrogen-bond donors (Lipinski definition) is 0. The molecule has 12 rings (SSSR count). The van der Waals surface area contributed by atoms with E-state index in [1.54, 1.807) is 0 Å². The summed E-state index contributed by atoms with van der Waals surface area (Å²) in [7, 11) is 0. The lowest BCUT2D eigenvalue weighted by Crippen LogP contribution is -1.97. The van der Waals surface area contributed by atoms with Gasteiger partial charge in [-0.2, -0.15) is 0 Å². The van der Waals surface area contributed by atoms with Gasteiger partial charge < -0.3 is 13.6 Å². The molecule has 0 aliphatic heterocycles. The molecule has 0 radical (unpaired) electrons. The highest BCUT2D eigenvalue weighted by Crippen LogP contribution is 2.43. The Balaban J connectivity index is 1.11. The van der Waals surface area contributed by atoms with Crippen molar-refractivity contribution >= 4 is 76.6 Å². The summed E-state index contributed by atoms with van der Waals surface area (Å²) in [5.74, 6) is 0. The van der Waals surface area contributed by atoms with Crippen molar-refractivity contribution in [2.24, 2.45) is 0 Å². The summed E-state index contributed by atoms with van der Waals surface area (Å²) in [4.78, 5) is 10.3. The molecule has 0 aliphatic carbocycles. The monoisotopic (exact) mass is 702 g/mol. The average Bonchev–Trinajstić information content (AvgIpc) is 3.90. The molecule has 0 spiro atoms. The highest BCUT2D eigenvalue weighted by molar-refractivity contribution is 6.24. The van der Waals surface area contributed by atoms with E-state index in [0.717, 1.165) is 88.9 Å². The molecular weight excluding hydrogens is 673 g/mol. The number of rotatable bonds is 4. The first kappa shape index (κ1) is 30.0.